The van der Waals surface area contributed by atoms with Gasteiger partial charge in [-0.15, -0.1) is 10.2 Å². The minimum atomic E-state index is -0.245. The van der Waals surface area contributed by atoms with Gasteiger partial charge in [-0.3, -0.25) is 9.36 Å². The minimum Gasteiger partial charge on any atom is -0.497 e. The first-order valence-electron chi connectivity index (χ1n) is 11.0. The van der Waals surface area contributed by atoms with Crippen molar-refractivity contribution in [3.8, 4) is 28.6 Å². The third-order valence-corrected chi connectivity index (χ3v) is 5.85. The molecule has 1 amide bonds. The molecule has 35 heavy (non-hydrogen) atoms. The highest BCUT2D eigenvalue weighted by molar-refractivity contribution is 7.99. The number of benzene rings is 3. The largest absolute Gasteiger partial charge is 0.497 e. The van der Waals surface area contributed by atoms with E-state index < -0.39 is 0 Å². The standard InChI is InChI=1S/C26H25N5O3S/c1-3-34-23-13-9-19(10-14-23)17-27-28-24(32)18-35-26-30-29-25(20-11-15-22(33-2)16-12-20)31(26)21-7-5-4-6-8-21/h4-17H,3,18H2,1-2H3,(H,28,32). The van der Waals surface area contributed by atoms with Crippen LogP contribution in [0.25, 0.3) is 17.1 Å². The van der Waals surface area contributed by atoms with Gasteiger partial charge in [0, 0.05) is 11.3 Å². The lowest BCUT2D eigenvalue weighted by Gasteiger charge is -2.10. The van der Waals surface area contributed by atoms with Crippen LogP contribution in [0.3, 0.4) is 0 Å². The van der Waals surface area contributed by atoms with Crippen molar-refractivity contribution >= 4 is 23.9 Å². The Bertz CT molecular complexity index is 1270. The zero-order chi connectivity index (χ0) is 24.5. The SMILES string of the molecule is CCOc1ccc(C=NNC(=O)CSc2nnc(-c3ccc(OC)cc3)n2-c2ccccc2)cc1. The highest BCUT2D eigenvalue weighted by Crippen LogP contribution is 2.28. The monoisotopic (exact) mass is 487 g/mol. The third kappa shape index (κ3) is 6.27. The maximum absolute atomic E-state index is 12.4. The molecule has 0 fully saturated rings. The van der Waals surface area contributed by atoms with Crippen LogP contribution >= 0.6 is 11.8 Å². The molecule has 0 saturated carbocycles. The summed E-state index contributed by atoms with van der Waals surface area (Å²) in [6.45, 7) is 2.55. The lowest BCUT2D eigenvalue weighted by atomic mass is 10.2. The fourth-order valence-corrected chi connectivity index (χ4v) is 4.00. The topological polar surface area (TPSA) is 90.6 Å². The van der Waals surface area contributed by atoms with Gasteiger partial charge in [0.15, 0.2) is 11.0 Å². The molecule has 178 valence electrons. The Balaban J connectivity index is 1.44. The molecular formula is C26H25N5O3S. The normalized spacial score (nSPS) is 10.9. The Morgan fingerprint density at radius 1 is 1.00 bits per heavy atom. The quantitative estimate of drug-likeness (QED) is 0.200. The van der Waals surface area contributed by atoms with Gasteiger partial charge < -0.3 is 9.47 Å². The summed E-state index contributed by atoms with van der Waals surface area (Å²) in [5.74, 6) is 2.12. The van der Waals surface area contributed by atoms with Crippen LogP contribution in [0.15, 0.2) is 89.1 Å². The fourth-order valence-electron chi connectivity index (χ4n) is 3.26. The highest BCUT2D eigenvalue weighted by Gasteiger charge is 2.17. The molecule has 0 atom stereocenters. The molecule has 9 heteroatoms. The maximum Gasteiger partial charge on any atom is 0.250 e. The molecule has 0 aliphatic carbocycles. The van der Waals surface area contributed by atoms with Crippen molar-refractivity contribution in [1.29, 1.82) is 0 Å². The van der Waals surface area contributed by atoms with E-state index in [-0.39, 0.29) is 11.7 Å². The van der Waals surface area contributed by atoms with Gasteiger partial charge in [-0.1, -0.05) is 30.0 Å². The number of nitrogens with one attached hydrogen (secondary N) is 1. The fraction of sp³-hybridized carbons (Fsp3) is 0.154. The number of ether oxygens (including phenoxy) is 2. The lowest BCUT2D eigenvalue weighted by Crippen LogP contribution is -2.20. The van der Waals surface area contributed by atoms with Gasteiger partial charge in [-0.25, -0.2) is 5.43 Å². The predicted molar refractivity (Wildman–Crippen MR) is 137 cm³/mol. The van der Waals surface area contributed by atoms with E-state index >= 15 is 0 Å². The molecule has 8 nitrogen and oxygen atoms in total. The average Bonchev–Trinajstić information content (AvgIpc) is 3.33. The van der Waals surface area contributed by atoms with Crippen molar-refractivity contribution in [1.82, 2.24) is 20.2 Å². The second kappa shape index (κ2) is 11.8. The van der Waals surface area contributed by atoms with E-state index in [1.807, 2.05) is 90.4 Å². The summed E-state index contributed by atoms with van der Waals surface area (Å²) in [4.78, 5) is 12.4. The molecule has 4 rings (SSSR count). The van der Waals surface area contributed by atoms with Crippen LogP contribution in [0.1, 0.15) is 12.5 Å². The minimum absolute atomic E-state index is 0.133. The molecule has 1 N–H and O–H groups in total. The van der Waals surface area contributed by atoms with E-state index in [0.717, 1.165) is 28.3 Å². The number of aromatic nitrogens is 3. The smallest absolute Gasteiger partial charge is 0.250 e. The number of carbonyl (C=O) groups is 1. The van der Waals surface area contributed by atoms with Gasteiger partial charge in [-0.2, -0.15) is 5.10 Å². The molecule has 0 radical (unpaired) electrons. The van der Waals surface area contributed by atoms with Gasteiger partial charge in [-0.05, 0) is 73.2 Å². The van der Waals surface area contributed by atoms with Gasteiger partial charge in [0.25, 0.3) is 5.91 Å². The molecule has 3 aromatic carbocycles. The summed E-state index contributed by atoms with van der Waals surface area (Å²) in [6.07, 6.45) is 1.59. The van der Waals surface area contributed by atoms with E-state index in [9.17, 15) is 4.79 Å². The van der Waals surface area contributed by atoms with Crippen LogP contribution in [-0.4, -0.2) is 46.4 Å². The van der Waals surface area contributed by atoms with E-state index in [0.29, 0.717) is 17.6 Å². The van der Waals surface area contributed by atoms with Crippen LogP contribution in [0.5, 0.6) is 11.5 Å². The van der Waals surface area contributed by atoms with Crippen molar-refractivity contribution in [3.63, 3.8) is 0 Å². The van der Waals surface area contributed by atoms with Crippen LogP contribution < -0.4 is 14.9 Å². The first kappa shape index (κ1) is 24.0. The maximum atomic E-state index is 12.4. The van der Waals surface area contributed by atoms with E-state index in [1.165, 1.54) is 11.8 Å². The Labute approximate surface area is 208 Å². The number of thioether (sulfide) groups is 1. The number of para-hydroxylation sites is 1. The number of carbonyl (C=O) groups excluding carboxylic acids is 1. The number of hydrazone groups is 1. The molecule has 0 unspecified atom stereocenters. The van der Waals surface area contributed by atoms with Crippen molar-refractivity contribution in [2.45, 2.75) is 12.1 Å². The molecule has 0 bridgehead atoms. The van der Waals surface area contributed by atoms with Crippen molar-refractivity contribution in [3.05, 3.63) is 84.4 Å². The number of hydrogen-bond donors (Lipinski definition) is 1. The van der Waals surface area contributed by atoms with Gasteiger partial charge in [0.2, 0.25) is 0 Å². The van der Waals surface area contributed by atoms with Gasteiger partial charge in [0.1, 0.15) is 11.5 Å². The summed E-state index contributed by atoms with van der Waals surface area (Å²) >= 11 is 1.29. The molecule has 4 aromatic rings. The summed E-state index contributed by atoms with van der Waals surface area (Å²) in [5.41, 5.74) is 5.20. The Hall–Kier alpha value is -4.11. The number of hydrogen-bond acceptors (Lipinski definition) is 7. The summed E-state index contributed by atoms with van der Waals surface area (Å²) < 4.78 is 12.6. The Morgan fingerprint density at radius 2 is 1.71 bits per heavy atom. The molecule has 1 heterocycles. The zero-order valence-electron chi connectivity index (χ0n) is 19.4. The number of rotatable bonds is 10. The second-order valence-electron chi connectivity index (χ2n) is 7.29. The first-order valence-corrected chi connectivity index (χ1v) is 12.0. The Morgan fingerprint density at radius 3 is 2.40 bits per heavy atom. The average molecular weight is 488 g/mol. The summed E-state index contributed by atoms with van der Waals surface area (Å²) in [6, 6.07) is 24.9. The van der Waals surface area contributed by atoms with Gasteiger partial charge >= 0.3 is 0 Å². The molecule has 0 aliphatic heterocycles. The van der Waals surface area contributed by atoms with Gasteiger partial charge in [0.05, 0.1) is 25.7 Å². The van der Waals surface area contributed by atoms with Crippen molar-refractivity contribution in [2.24, 2.45) is 5.10 Å². The zero-order valence-corrected chi connectivity index (χ0v) is 20.2. The number of amides is 1. The third-order valence-electron chi connectivity index (χ3n) is 4.92. The molecular weight excluding hydrogens is 462 g/mol. The van der Waals surface area contributed by atoms with Crippen LogP contribution in [0.4, 0.5) is 0 Å². The van der Waals surface area contributed by atoms with Crippen molar-refractivity contribution < 1.29 is 14.3 Å². The van der Waals surface area contributed by atoms with E-state index in [1.54, 1.807) is 13.3 Å². The van der Waals surface area contributed by atoms with Crippen LogP contribution in [0.2, 0.25) is 0 Å². The Kier molecular flexibility index (Phi) is 8.13. The summed E-state index contributed by atoms with van der Waals surface area (Å²) in [5, 5.41) is 13.4. The predicted octanol–water partition coefficient (Wildman–Crippen LogP) is 4.58. The molecule has 0 aliphatic rings. The first-order chi connectivity index (χ1) is 17.2. The van der Waals surface area contributed by atoms with Crippen LogP contribution in [0, 0.1) is 0 Å². The van der Waals surface area contributed by atoms with Crippen LogP contribution in [-0.2, 0) is 4.79 Å². The highest BCUT2D eigenvalue weighted by atomic mass is 32.2. The van der Waals surface area contributed by atoms with Crippen molar-refractivity contribution in [2.75, 3.05) is 19.5 Å². The molecule has 0 spiro atoms. The number of nitrogens with zero attached hydrogens (tertiary/aromatic N) is 4. The van der Waals surface area contributed by atoms with E-state index in [2.05, 4.69) is 20.7 Å². The second-order valence-corrected chi connectivity index (χ2v) is 8.23. The molecule has 0 saturated heterocycles. The lowest BCUT2D eigenvalue weighted by molar-refractivity contribution is -0.118. The number of methoxy groups -OCH3 is 1. The van der Waals surface area contributed by atoms with E-state index in [4.69, 9.17) is 9.47 Å². The molecule has 1 aromatic heterocycles. The summed E-state index contributed by atoms with van der Waals surface area (Å²) in [7, 11) is 1.63.